The normalized spacial score (nSPS) is 15.9. The Labute approximate surface area is 122 Å². The molecule has 3 rings (SSSR count). The van der Waals surface area contributed by atoms with Gasteiger partial charge in [0, 0.05) is 18.5 Å². The molecule has 106 valence electrons. The second-order valence-corrected chi connectivity index (χ2v) is 5.76. The molecule has 1 saturated carbocycles. The zero-order valence-corrected chi connectivity index (χ0v) is 12.1. The van der Waals surface area contributed by atoms with Gasteiger partial charge in [-0.25, -0.2) is 4.39 Å². The van der Waals surface area contributed by atoms with E-state index >= 15 is 0 Å². The third-order valence-electron chi connectivity index (χ3n) is 4.08. The van der Waals surface area contributed by atoms with Crippen LogP contribution in [-0.2, 0) is 7.05 Å². The molecule has 20 heavy (non-hydrogen) atoms. The van der Waals surface area contributed by atoms with Gasteiger partial charge in [0.1, 0.15) is 11.6 Å². The van der Waals surface area contributed by atoms with E-state index in [2.05, 4.69) is 5.10 Å². The first-order valence-corrected chi connectivity index (χ1v) is 7.24. The van der Waals surface area contributed by atoms with Crippen LogP contribution in [0.2, 0.25) is 5.02 Å². The molecule has 1 aliphatic rings. The van der Waals surface area contributed by atoms with Crippen molar-refractivity contribution >= 4 is 17.4 Å². The number of aromatic nitrogens is 2. The van der Waals surface area contributed by atoms with Crippen LogP contribution in [0, 0.1) is 5.82 Å². The van der Waals surface area contributed by atoms with E-state index in [0.29, 0.717) is 22.9 Å². The van der Waals surface area contributed by atoms with Crippen LogP contribution in [0.3, 0.4) is 0 Å². The molecular weight excluding hydrogens is 277 g/mol. The van der Waals surface area contributed by atoms with Crippen molar-refractivity contribution in [2.75, 3.05) is 5.73 Å². The Bertz CT molecular complexity index is 645. The van der Waals surface area contributed by atoms with Gasteiger partial charge in [0.05, 0.1) is 16.3 Å². The number of halogens is 2. The molecule has 1 fully saturated rings. The fourth-order valence-corrected chi connectivity index (χ4v) is 3.19. The maximum Gasteiger partial charge on any atom is 0.149 e. The molecule has 0 spiro atoms. The van der Waals surface area contributed by atoms with Crippen LogP contribution in [0.1, 0.15) is 37.3 Å². The van der Waals surface area contributed by atoms with Gasteiger partial charge in [0.15, 0.2) is 0 Å². The van der Waals surface area contributed by atoms with E-state index < -0.39 is 5.82 Å². The van der Waals surface area contributed by atoms with E-state index in [1.54, 1.807) is 29.9 Å². The number of nitrogen functional groups attached to an aromatic ring is 1. The van der Waals surface area contributed by atoms with Gasteiger partial charge in [-0.2, -0.15) is 5.10 Å². The van der Waals surface area contributed by atoms with E-state index in [4.69, 9.17) is 17.3 Å². The molecule has 1 aliphatic carbocycles. The van der Waals surface area contributed by atoms with Crippen LogP contribution < -0.4 is 5.73 Å². The number of nitrogens with two attached hydrogens (primary N) is 1. The topological polar surface area (TPSA) is 43.8 Å². The van der Waals surface area contributed by atoms with Crippen molar-refractivity contribution in [3.63, 3.8) is 0 Å². The van der Waals surface area contributed by atoms with Crippen LogP contribution in [0.25, 0.3) is 11.1 Å². The summed E-state index contributed by atoms with van der Waals surface area (Å²) < 4.78 is 15.9. The average molecular weight is 294 g/mol. The largest absolute Gasteiger partial charge is 0.383 e. The minimum atomic E-state index is -0.423. The molecule has 1 heterocycles. The van der Waals surface area contributed by atoms with E-state index in [1.165, 1.54) is 12.8 Å². The van der Waals surface area contributed by atoms with Crippen LogP contribution in [0.15, 0.2) is 18.2 Å². The lowest BCUT2D eigenvalue weighted by molar-refractivity contribution is 0.630. The highest BCUT2D eigenvalue weighted by atomic mass is 35.5. The molecule has 0 aliphatic heterocycles. The Morgan fingerprint density at radius 1 is 1.35 bits per heavy atom. The first-order valence-electron chi connectivity index (χ1n) is 6.86. The smallest absolute Gasteiger partial charge is 0.149 e. The molecule has 0 atom stereocenters. The number of aryl methyl sites for hydroxylation is 1. The number of rotatable bonds is 2. The lowest BCUT2D eigenvalue weighted by atomic mass is 9.95. The number of hydrogen-bond donors (Lipinski definition) is 1. The molecule has 2 aromatic rings. The SMILES string of the molecule is Cn1nc(C2CCCC2)c(-c2cccc(Cl)c2F)c1N. The second-order valence-electron chi connectivity index (χ2n) is 5.35. The molecule has 5 heteroatoms. The average Bonchev–Trinajstić information content (AvgIpc) is 3.04. The van der Waals surface area contributed by atoms with Crippen LogP contribution >= 0.6 is 11.6 Å². The number of anilines is 1. The van der Waals surface area contributed by atoms with Gasteiger partial charge in [-0.15, -0.1) is 0 Å². The summed E-state index contributed by atoms with van der Waals surface area (Å²) in [7, 11) is 1.79. The molecule has 0 unspecified atom stereocenters. The van der Waals surface area contributed by atoms with Crippen molar-refractivity contribution in [1.29, 1.82) is 0 Å². The number of benzene rings is 1. The van der Waals surface area contributed by atoms with Gasteiger partial charge >= 0.3 is 0 Å². The van der Waals surface area contributed by atoms with Gasteiger partial charge in [0.25, 0.3) is 0 Å². The van der Waals surface area contributed by atoms with Crippen molar-refractivity contribution in [2.45, 2.75) is 31.6 Å². The highest BCUT2D eigenvalue weighted by molar-refractivity contribution is 6.31. The van der Waals surface area contributed by atoms with Crippen molar-refractivity contribution in [1.82, 2.24) is 9.78 Å². The first-order chi connectivity index (χ1) is 9.59. The molecular formula is C15H17ClFN3. The summed E-state index contributed by atoms with van der Waals surface area (Å²) in [4.78, 5) is 0. The summed E-state index contributed by atoms with van der Waals surface area (Å²) in [5.41, 5.74) is 8.18. The van der Waals surface area contributed by atoms with Crippen molar-refractivity contribution in [2.24, 2.45) is 7.05 Å². The molecule has 0 amide bonds. The van der Waals surface area contributed by atoms with Crippen molar-refractivity contribution in [3.05, 3.63) is 34.7 Å². The maximum absolute atomic E-state index is 14.3. The standard InChI is InChI=1S/C15H17ClFN3/c1-20-15(18)12(10-7-4-8-11(16)13(10)17)14(19-20)9-5-2-3-6-9/h4,7-9H,2-3,5-6,18H2,1H3. The zero-order chi connectivity index (χ0) is 14.3. The summed E-state index contributed by atoms with van der Waals surface area (Å²) in [5, 5.41) is 4.64. The molecule has 3 nitrogen and oxygen atoms in total. The Hall–Kier alpha value is -1.55. The monoisotopic (exact) mass is 293 g/mol. The predicted octanol–water partition coefficient (Wildman–Crippen LogP) is 4.12. The second kappa shape index (κ2) is 5.09. The fraction of sp³-hybridized carbons (Fsp3) is 0.400. The van der Waals surface area contributed by atoms with Gasteiger partial charge in [-0.05, 0) is 18.9 Å². The first kappa shape index (κ1) is 13.4. The Balaban J connectivity index is 2.19. The molecule has 2 N–H and O–H groups in total. The highest BCUT2D eigenvalue weighted by Crippen LogP contribution is 2.42. The maximum atomic E-state index is 14.3. The molecule has 1 aromatic heterocycles. The van der Waals surface area contributed by atoms with Gasteiger partial charge < -0.3 is 5.73 Å². The number of hydrogen-bond acceptors (Lipinski definition) is 2. The van der Waals surface area contributed by atoms with E-state index in [0.717, 1.165) is 18.5 Å². The summed E-state index contributed by atoms with van der Waals surface area (Å²) in [6.45, 7) is 0. The summed E-state index contributed by atoms with van der Waals surface area (Å²) in [6.07, 6.45) is 4.56. The van der Waals surface area contributed by atoms with E-state index in [9.17, 15) is 4.39 Å². The summed E-state index contributed by atoms with van der Waals surface area (Å²) >= 11 is 5.89. The van der Waals surface area contributed by atoms with Crippen LogP contribution in [-0.4, -0.2) is 9.78 Å². The zero-order valence-electron chi connectivity index (χ0n) is 11.4. The molecule has 0 bridgehead atoms. The van der Waals surface area contributed by atoms with E-state index in [1.807, 2.05) is 0 Å². The highest BCUT2D eigenvalue weighted by Gasteiger charge is 2.27. The third kappa shape index (κ3) is 2.08. The van der Waals surface area contributed by atoms with Crippen molar-refractivity contribution in [3.8, 4) is 11.1 Å². The van der Waals surface area contributed by atoms with Crippen LogP contribution in [0.5, 0.6) is 0 Å². The van der Waals surface area contributed by atoms with Crippen molar-refractivity contribution < 1.29 is 4.39 Å². The lowest BCUT2D eigenvalue weighted by Crippen LogP contribution is -1.98. The van der Waals surface area contributed by atoms with Gasteiger partial charge in [-0.1, -0.05) is 36.6 Å². The summed E-state index contributed by atoms with van der Waals surface area (Å²) in [5.74, 6) is 0.438. The Morgan fingerprint density at radius 2 is 2.05 bits per heavy atom. The fourth-order valence-electron chi connectivity index (χ4n) is 3.02. The molecule has 0 saturated heterocycles. The minimum Gasteiger partial charge on any atom is -0.383 e. The van der Waals surface area contributed by atoms with E-state index in [-0.39, 0.29) is 5.02 Å². The molecule has 0 radical (unpaired) electrons. The van der Waals surface area contributed by atoms with Crippen LogP contribution in [0.4, 0.5) is 10.2 Å². The van der Waals surface area contributed by atoms with Gasteiger partial charge in [-0.3, -0.25) is 4.68 Å². The lowest BCUT2D eigenvalue weighted by Gasteiger charge is -2.10. The Kier molecular flexibility index (Phi) is 3.42. The van der Waals surface area contributed by atoms with Gasteiger partial charge in [0.2, 0.25) is 0 Å². The minimum absolute atomic E-state index is 0.114. The number of nitrogens with zero attached hydrogens (tertiary/aromatic N) is 2. The quantitative estimate of drug-likeness (QED) is 0.905. The Morgan fingerprint density at radius 3 is 2.75 bits per heavy atom. The predicted molar refractivity (Wildman–Crippen MR) is 79.2 cm³/mol. The third-order valence-corrected chi connectivity index (χ3v) is 4.37. The molecule has 1 aromatic carbocycles. The summed E-state index contributed by atoms with van der Waals surface area (Å²) in [6, 6.07) is 5.00.